The smallest absolute Gasteiger partial charge is 0.339 e. The Labute approximate surface area is 155 Å². The maximum atomic E-state index is 13.0. The zero-order valence-electron chi connectivity index (χ0n) is 15.9. The number of amides is 1. The van der Waals surface area contributed by atoms with Gasteiger partial charge in [0.2, 0.25) is 0 Å². The fraction of sp³-hybridized carbons (Fsp3) is 0.421. The van der Waals surface area contributed by atoms with Gasteiger partial charge in [0, 0.05) is 13.6 Å². The molecule has 0 aliphatic carbocycles. The van der Waals surface area contributed by atoms with Crippen molar-refractivity contribution < 1.29 is 22.8 Å². The van der Waals surface area contributed by atoms with E-state index in [-0.39, 0.29) is 17.2 Å². The maximum absolute atomic E-state index is 13.0. The van der Waals surface area contributed by atoms with Crippen molar-refractivity contribution in [2.24, 2.45) is 5.92 Å². The summed E-state index contributed by atoms with van der Waals surface area (Å²) in [6, 6.07) is 4.67. The molecule has 2 aromatic rings. The van der Waals surface area contributed by atoms with E-state index in [2.05, 4.69) is 5.10 Å². The Bertz CT molecular complexity index is 870. The standard InChI is InChI=1S/C19H22F3N3O2/c1-11(2)10-24(5)18(27)17(26)16-12(3)23-25(13(16)4)15-8-6-7-14(9-15)19(20,21)22/h6-9,11H,10H2,1-5H3. The number of nitrogens with zero attached hydrogens (tertiary/aromatic N) is 3. The lowest BCUT2D eigenvalue weighted by Crippen LogP contribution is -2.36. The van der Waals surface area contributed by atoms with Crippen molar-refractivity contribution in [3.8, 4) is 5.69 Å². The number of halogens is 3. The van der Waals surface area contributed by atoms with Gasteiger partial charge in [-0.2, -0.15) is 18.3 Å². The van der Waals surface area contributed by atoms with Gasteiger partial charge in [-0.15, -0.1) is 0 Å². The van der Waals surface area contributed by atoms with Gasteiger partial charge in [-0.05, 0) is 38.0 Å². The van der Waals surface area contributed by atoms with E-state index in [0.29, 0.717) is 17.9 Å². The van der Waals surface area contributed by atoms with E-state index in [1.807, 2.05) is 13.8 Å². The number of ketones is 1. The molecule has 0 N–H and O–H groups in total. The molecular formula is C19H22F3N3O2. The van der Waals surface area contributed by atoms with Crippen LogP contribution in [0.3, 0.4) is 0 Å². The molecule has 1 amide bonds. The molecule has 0 bridgehead atoms. The molecule has 0 radical (unpaired) electrons. The highest BCUT2D eigenvalue weighted by molar-refractivity contribution is 6.43. The molecule has 0 atom stereocenters. The molecule has 146 valence electrons. The van der Waals surface area contributed by atoms with Gasteiger partial charge in [0.15, 0.2) is 0 Å². The summed E-state index contributed by atoms with van der Waals surface area (Å²) in [7, 11) is 1.54. The number of likely N-dealkylation sites (N-methyl/N-ethyl adjacent to an activating group) is 1. The van der Waals surface area contributed by atoms with E-state index >= 15 is 0 Å². The van der Waals surface area contributed by atoms with Crippen LogP contribution >= 0.6 is 0 Å². The number of benzene rings is 1. The van der Waals surface area contributed by atoms with E-state index in [0.717, 1.165) is 12.1 Å². The van der Waals surface area contributed by atoms with Crippen LogP contribution in [0.4, 0.5) is 13.2 Å². The number of hydrogen-bond donors (Lipinski definition) is 0. The predicted molar refractivity (Wildman–Crippen MR) is 94.8 cm³/mol. The Morgan fingerprint density at radius 1 is 1.22 bits per heavy atom. The fourth-order valence-electron chi connectivity index (χ4n) is 2.95. The average molecular weight is 381 g/mol. The Balaban J connectivity index is 2.43. The minimum Gasteiger partial charge on any atom is -0.339 e. The van der Waals surface area contributed by atoms with Crippen LogP contribution in [-0.2, 0) is 11.0 Å². The van der Waals surface area contributed by atoms with Crippen LogP contribution in [0.1, 0.15) is 41.2 Å². The molecule has 0 aliphatic rings. The van der Waals surface area contributed by atoms with Crippen LogP contribution in [0.15, 0.2) is 24.3 Å². The van der Waals surface area contributed by atoms with E-state index in [1.165, 1.54) is 21.7 Å². The van der Waals surface area contributed by atoms with Crippen molar-refractivity contribution in [3.63, 3.8) is 0 Å². The summed E-state index contributed by atoms with van der Waals surface area (Å²) in [4.78, 5) is 26.4. The highest BCUT2D eigenvalue weighted by Crippen LogP contribution is 2.31. The number of alkyl halides is 3. The van der Waals surface area contributed by atoms with E-state index in [1.54, 1.807) is 20.9 Å². The molecule has 1 aromatic carbocycles. The molecule has 2 rings (SSSR count). The second-order valence-electron chi connectivity index (χ2n) is 6.91. The van der Waals surface area contributed by atoms with Gasteiger partial charge in [-0.25, -0.2) is 4.68 Å². The minimum atomic E-state index is -4.49. The first-order chi connectivity index (χ1) is 12.4. The van der Waals surface area contributed by atoms with Crippen molar-refractivity contribution in [2.75, 3.05) is 13.6 Å². The summed E-state index contributed by atoms with van der Waals surface area (Å²) >= 11 is 0. The topological polar surface area (TPSA) is 55.2 Å². The van der Waals surface area contributed by atoms with Gasteiger partial charge in [-0.1, -0.05) is 19.9 Å². The van der Waals surface area contributed by atoms with Gasteiger partial charge in [-0.3, -0.25) is 9.59 Å². The average Bonchev–Trinajstić information content (AvgIpc) is 2.86. The lowest BCUT2D eigenvalue weighted by atomic mass is 10.1. The second-order valence-corrected chi connectivity index (χ2v) is 6.91. The largest absolute Gasteiger partial charge is 0.416 e. The number of Topliss-reactive ketones (excluding diaryl/α,β-unsaturated/α-hetero) is 1. The summed E-state index contributed by atoms with van der Waals surface area (Å²) in [5.74, 6) is -1.19. The number of aromatic nitrogens is 2. The normalized spacial score (nSPS) is 11.7. The number of hydrogen-bond acceptors (Lipinski definition) is 3. The second kappa shape index (κ2) is 7.54. The molecule has 0 fully saturated rings. The summed E-state index contributed by atoms with van der Waals surface area (Å²) in [6.07, 6.45) is -4.49. The Hall–Kier alpha value is -2.64. The molecule has 0 aliphatic heterocycles. The van der Waals surface area contributed by atoms with Gasteiger partial charge in [0.1, 0.15) is 0 Å². The third-order valence-electron chi connectivity index (χ3n) is 4.12. The lowest BCUT2D eigenvalue weighted by molar-refractivity contribution is -0.137. The van der Waals surface area contributed by atoms with E-state index in [4.69, 9.17) is 0 Å². The highest BCUT2D eigenvalue weighted by Gasteiger charge is 2.31. The molecule has 0 unspecified atom stereocenters. The van der Waals surface area contributed by atoms with Crippen LogP contribution in [-0.4, -0.2) is 40.0 Å². The third-order valence-corrected chi connectivity index (χ3v) is 4.12. The number of carbonyl (C=O) groups is 2. The van der Waals surface area contributed by atoms with Crippen LogP contribution in [0.5, 0.6) is 0 Å². The van der Waals surface area contributed by atoms with Crippen molar-refractivity contribution in [3.05, 3.63) is 46.8 Å². The van der Waals surface area contributed by atoms with Gasteiger partial charge < -0.3 is 4.90 Å². The zero-order chi connectivity index (χ0) is 20.5. The van der Waals surface area contributed by atoms with Crippen LogP contribution < -0.4 is 0 Å². The Morgan fingerprint density at radius 2 is 1.85 bits per heavy atom. The molecule has 0 spiro atoms. The van der Waals surface area contributed by atoms with Crippen LogP contribution in [0.2, 0.25) is 0 Å². The Kier molecular flexibility index (Phi) is 5.77. The maximum Gasteiger partial charge on any atom is 0.416 e. The first kappa shape index (κ1) is 20.7. The number of rotatable bonds is 5. The lowest BCUT2D eigenvalue weighted by Gasteiger charge is -2.18. The number of carbonyl (C=O) groups excluding carboxylic acids is 2. The predicted octanol–water partition coefficient (Wildman–Crippen LogP) is 3.81. The SMILES string of the molecule is Cc1nn(-c2cccc(C(F)(F)F)c2)c(C)c1C(=O)C(=O)N(C)CC(C)C. The van der Waals surface area contributed by atoms with Crippen molar-refractivity contribution >= 4 is 11.7 Å². The van der Waals surface area contributed by atoms with Crippen LogP contribution in [0.25, 0.3) is 5.69 Å². The van der Waals surface area contributed by atoms with Gasteiger partial charge in [0.05, 0.1) is 28.2 Å². The summed E-state index contributed by atoms with van der Waals surface area (Å²) < 4.78 is 40.1. The molecule has 1 heterocycles. The molecule has 5 nitrogen and oxygen atoms in total. The molecule has 27 heavy (non-hydrogen) atoms. The molecular weight excluding hydrogens is 359 g/mol. The zero-order valence-corrected chi connectivity index (χ0v) is 15.9. The van der Waals surface area contributed by atoms with Gasteiger partial charge in [0.25, 0.3) is 11.7 Å². The third kappa shape index (κ3) is 4.37. The Morgan fingerprint density at radius 3 is 2.41 bits per heavy atom. The molecule has 0 saturated heterocycles. The van der Waals surface area contributed by atoms with Crippen molar-refractivity contribution in [1.82, 2.24) is 14.7 Å². The van der Waals surface area contributed by atoms with Crippen LogP contribution in [0, 0.1) is 19.8 Å². The molecule has 1 aromatic heterocycles. The van der Waals surface area contributed by atoms with Crippen molar-refractivity contribution in [1.29, 1.82) is 0 Å². The van der Waals surface area contributed by atoms with Gasteiger partial charge >= 0.3 is 6.18 Å². The van der Waals surface area contributed by atoms with E-state index in [9.17, 15) is 22.8 Å². The summed E-state index contributed by atoms with van der Waals surface area (Å²) in [5.41, 5.74) is 0.0954. The van der Waals surface area contributed by atoms with Crippen molar-refractivity contribution in [2.45, 2.75) is 33.9 Å². The summed E-state index contributed by atoms with van der Waals surface area (Å²) in [5, 5.41) is 4.19. The molecule has 0 saturated carbocycles. The van der Waals surface area contributed by atoms with E-state index < -0.39 is 23.4 Å². The first-order valence-electron chi connectivity index (χ1n) is 8.47. The molecule has 8 heteroatoms. The highest BCUT2D eigenvalue weighted by atomic mass is 19.4. The summed E-state index contributed by atoms with van der Waals surface area (Å²) in [6.45, 7) is 7.39. The number of aryl methyl sites for hydroxylation is 1. The quantitative estimate of drug-likeness (QED) is 0.585. The fourth-order valence-corrected chi connectivity index (χ4v) is 2.95. The minimum absolute atomic E-state index is 0.119. The first-order valence-corrected chi connectivity index (χ1v) is 8.47. The monoisotopic (exact) mass is 381 g/mol.